The van der Waals surface area contributed by atoms with Gasteiger partial charge in [-0.05, 0) is 37.8 Å². The largest absolute Gasteiger partial charge is 0.356 e. The average Bonchev–Trinajstić information content (AvgIpc) is 3.02. The first-order chi connectivity index (χ1) is 11.3. The molecule has 122 valence electrons. The molecule has 0 spiro atoms. The summed E-state index contributed by atoms with van der Waals surface area (Å²) in [6, 6.07) is 3.97. The lowest BCUT2D eigenvalue weighted by Gasteiger charge is -2.20. The number of carbonyl (C=O) groups is 1. The molecule has 0 saturated carbocycles. The van der Waals surface area contributed by atoms with Crippen molar-refractivity contribution in [1.29, 1.82) is 0 Å². The highest BCUT2D eigenvalue weighted by Crippen LogP contribution is 2.34. The number of fused-ring (bicyclic) bond motifs is 1. The molecule has 0 bridgehead atoms. The van der Waals surface area contributed by atoms with E-state index in [9.17, 15) is 4.79 Å². The van der Waals surface area contributed by atoms with Crippen LogP contribution in [0.4, 0.5) is 0 Å². The van der Waals surface area contributed by atoms with E-state index >= 15 is 0 Å². The van der Waals surface area contributed by atoms with Crippen LogP contribution in [0.3, 0.4) is 0 Å². The van der Waals surface area contributed by atoms with E-state index in [0.29, 0.717) is 0 Å². The van der Waals surface area contributed by atoms with Gasteiger partial charge in [0, 0.05) is 35.3 Å². The summed E-state index contributed by atoms with van der Waals surface area (Å²) in [6.45, 7) is 2.98. The Morgan fingerprint density at radius 1 is 1.43 bits per heavy atom. The number of aromatic nitrogens is 2. The predicted octanol–water partition coefficient (Wildman–Crippen LogP) is 3.62. The topological polar surface area (TPSA) is 54.9 Å². The van der Waals surface area contributed by atoms with Gasteiger partial charge in [-0.3, -0.25) is 9.78 Å². The molecule has 4 nitrogen and oxygen atoms in total. The fourth-order valence-electron chi connectivity index (χ4n) is 2.94. The molecule has 5 heteroatoms. The lowest BCUT2D eigenvalue weighted by atomic mass is 9.90. The SMILES string of the molecule is CCCCCNC(=O)C1CCc2nc(-c3cccnc3)sc2C1. The van der Waals surface area contributed by atoms with E-state index in [1.54, 1.807) is 17.5 Å². The smallest absolute Gasteiger partial charge is 0.223 e. The molecule has 0 radical (unpaired) electrons. The second-order valence-corrected chi connectivity index (χ2v) is 7.15. The number of rotatable bonds is 6. The molecule has 1 aliphatic carbocycles. The van der Waals surface area contributed by atoms with Crippen LogP contribution >= 0.6 is 11.3 Å². The number of hydrogen-bond donors (Lipinski definition) is 1. The van der Waals surface area contributed by atoms with E-state index in [1.807, 2.05) is 18.3 Å². The van der Waals surface area contributed by atoms with Crippen molar-refractivity contribution in [3.05, 3.63) is 35.1 Å². The number of thiazole rings is 1. The van der Waals surface area contributed by atoms with Crippen molar-refractivity contribution in [1.82, 2.24) is 15.3 Å². The number of nitrogens with one attached hydrogen (secondary N) is 1. The minimum Gasteiger partial charge on any atom is -0.356 e. The van der Waals surface area contributed by atoms with E-state index < -0.39 is 0 Å². The van der Waals surface area contributed by atoms with E-state index in [4.69, 9.17) is 4.98 Å². The molecule has 2 heterocycles. The van der Waals surface area contributed by atoms with Crippen molar-refractivity contribution in [2.75, 3.05) is 6.54 Å². The van der Waals surface area contributed by atoms with Crippen LogP contribution in [-0.2, 0) is 17.6 Å². The Morgan fingerprint density at radius 3 is 3.13 bits per heavy atom. The first kappa shape index (κ1) is 16.1. The van der Waals surface area contributed by atoms with Crippen LogP contribution in [-0.4, -0.2) is 22.4 Å². The summed E-state index contributed by atoms with van der Waals surface area (Å²) in [6.07, 6.45) is 9.69. The summed E-state index contributed by atoms with van der Waals surface area (Å²) < 4.78 is 0. The highest BCUT2D eigenvalue weighted by atomic mass is 32.1. The van der Waals surface area contributed by atoms with Gasteiger partial charge in [-0.2, -0.15) is 0 Å². The highest BCUT2D eigenvalue weighted by molar-refractivity contribution is 7.15. The Labute approximate surface area is 141 Å². The number of carbonyl (C=O) groups excluding carboxylic acids is 1. The lowest BCUT2D eigenvalue weighted by Crippen LogP contribution is -2.34. The highest BCUT2D eigenvalue weighted by Gasteiger charge is 2.27. The summed E-state index contributed by atoms with van der Waals surface area (Å²) >= 11 is 1.71. The monoisotopic (exact) mass is 329 g/mol. The fraction of sp³-hybridized carbons (Fsp3) is 0.500. The zero-order chi connectivity index (χ0) is 16.1. The van der Waals surface area contributed by atoms with E-state index in [1.165, 1.54) is 23.4 Å². The van der Waals surface area contributed by atoms with Gasteiger partial charge >= 0.3 is 0 Å². The number of hydrogen-bond acceptors (Lipinski definition) is 4. The second kappa shape index (κ2) is 7.68. The maximum atomic E-state index is 12.3. The van der Waals surface area contributed by atoms with Crippen molar-refractivity contribution < 1.29 is 4.79 Å². The number of nitrogens with zero attached hydrogens (tertiary/aromatic N) is 2. The van der Waals surface area contributed by atoms with E-state index in [-0.39, 0.29) is 11.8 Å². The van der Waals surface area contributed by atoms with Crippen molar-refractivity contribution in [2.24, 2.45) is 5.92 Å². The molecule has 1 atom stereocenters. The second-order valence-electron chi connectivity index (χ2n) is 6.07. The molecule has 23 heavy (non-hydrogen) atoms. The molecule has 0 aliphatic heterocycles. The van der Waals surface area contributed by atoms with E-state index in [0.717, 1.165) is 42.8 Å². The van der Waals surface area contributed by atoms with Gasteiger partial charge in [0.25, 0.3) is 0 Å². The molecule has 3 rings (SSSR count). The number of pyridine rings is 1. The van der Waals surface area contributed by atoms with Crippen molar-refractivity contribution in [2.45, 2.75) is 45.4 Å². The third-order valence-electron chi connectivity index (χ3n) is 4.30. The molecular weight excluding hydrogens is 306 g/mol. The van der Waals surface area contributed by atoms with Gasteiger partial charge in [0.15, 0.2) is 0 Å². The fourth-order valence-corrected chi connectivity index (χ4v) is 4.12. The molecule has 1 unspecified atom stereocenters. The Bertz CT molecular complexity index is 654. The summed E-state index contributed by atoms with van der Waals surface area (Å²) in [5, 5.41) is 4.11. The molecule has 0 saturated heterocycles. The van der Waals surface area contributed by atoms with Gasteiger partial charge < -0.3 is 5.32 Å². The minimum absolute atomic E-state index is 0.103. The van der Waals surface area contributed by atoms with Gasteiger partial charge in [0.05, 0.1) is 5.69 Å². The Hall–Kier alpha value is -1.75. The van der Waals surface area contributed by atoms with Crippen LogP contribution in [0.25, 0.3) is 10.6 Å². The maximum absolute atomic E-state index is 12.3. The number of unbranched alkanes of at least 4 members (excludes halogenated alkanes) is 2. The molecular formula is C18H23N3OS. The van der Waals surface area contributed by atoms with Gasteiger partial charge in [-0.25, -0.2) is 4.98 Å². The van der Waals surface area contributed by atoms with Crippen LogP contribution in [0.5, 0.6) is 0 Å². The third kappa shape index (κ3) is 3.96. The normalized spacial score (nSPS) is 16.8. The van der Waals surface area contributed by atoms with Crippen LogP contribution in [0.2, 0.25) is 0 Å². The summed E-state index contributed by atoms with van der Waals surface area (Å²) in [5.74, 6) is 0.314. The first-order valence-corrected chi connectivity index (χ1v) is 9.26. The maximum Gasteiger partial charge on any atom is 0.223 e. The Morgan fingerprint density at radius 2 is 2.35 bits per heavy atom. The zero-order valence-corrected chi connectivity index (χ0v) is 14.4. The van der Waals surface area contributed by atoms with Crippen molar-refractivity contribution in [3.63, 3.8) is 0 Å². The summed E-state index contributed by atoms with van der Waals surface area (Å²) in [7, 11) is 0. The number of amides is 1. The van der Waals surface area contributed by atoms with Crippen molar-refractivity contribution >= 4 is 17.2 Å². The Balaban J connectivity index is 1.62. The molecule has 1 amide bonds. The van der Waals surface area contributed by atoms with Crippen LogP contribution < -0.4 is 5.32 Å². The van der Waals surface area contributed by atoms with Crippen molar-refractivity contribution in [3.8, 4) is 10.6 Å². The molecule has 1 aliphatic rings. The molecule has 2 aromatic heterocycles. The summed E-state index contributed by atoms with van der Waals surface area (Å²) in [5.41, 5.74) is 2.23. The first-order valence-electron chi connectivity index (χ1n) is 8.44. The van der Waals surface area contributed by atoms with Gasteiger partial charge in [-0.15, -0.1) is 11.3 Å². The van der Waals surface area contributed by atoms with Crippen LogP contribution in [0.1, 0.15) is 43.2 Å². The molecule has 1 N–H and O–H groups in total. The lowest BCUT2D eigenvalue weighted by molar-refractivity contribution is -0.125. The van der Waals surface area contributed by atoms with Gasteiger partial charge in [0.1, 0.15) is 5.01 Å². The zero-order valence-electron chi connectivity index (χ0n) is 13.5. The quantitative estimate of drug-likeness (QED) is 0.824. The van der Waals surface area contributed by atoms with Gasteiger partial charge in [-0.1, -0.05) is 19.8 Å². The number of aryl methyl sites for hydroxylation is 1. The summed E-state index contributed by atoms with van der Waals surface area (Å²) in [4.78, 5) is 22.5. The third-order valence-corrected chi connectivity index (χ3v) is 5.47. The average molecular weight is 329 g/mol. The molecule has 0 aromatic carbocycles. The Kier molecular flexibility index (Phi) is 5.39. The predicted molar refractivity (Wildman–Crippen MR) is 93.4 cm³/mol. The van der Waals surface area contributed by atoms with Gasteiger partial charge in [0.2, 0.25) is 5.91 Å². The molecule has 0 fully saturated rings. The van der Waals surface area contributed by atoms with Crippen LogP contribution in [0, 0.1) is 5.92 Å². The standard InChI is InChI=1S/C18H23N3OS/c1-2-3-4-10-20-17(22)13-7-8-15-16(11-13)23-18(21-15)14-6-5-9-19-12-14/h5-6,9,12-13H,2-4,7-8,10-11H2,1H3,(H,20,22). The minimum atomic E-state index is 0.103. The molecule has 2 aromatic rings. The van der Waals surface area contributed by atoms with Crippen LogP contribution in [0.15, 0.2) is 24.5 Å². The van der Waals surface area contributed by atoms with E-state index in [2.05, 4.69) is 17.2 Å².